The largest absolute Gasteiger partial charge is 0.497 e. The number of hydrogen-bond donors (Lipinski definition) is 2. The zero-order valence-electron chi connectivity index (χ0n) is 10.9. The number of aryl methyl sites for hydroxylation is 1. The summed E-state index contributed by atoms with van der Waals surface area (Å²) in [7, 11) is 1.66. The lowest BCUT2D eigenvalue weighted by Gasteiger charge is -2.05. The van der Waals surface area contributed by atoms with E-state index < -0.39 is 0 Å². The van der Waals surface area contributed by atoms with Crippen LogP contribution in [0, 0.1) is 6.92 Å². The van der Waals surface area contributed by atoms with Gasteiger partial charge in [-0.2, -0.15) is 0 Å². The van der Waals surface area contributed by atoms with Crippen LogP contribution in [-0.2, 0) is 0 Å². The number of aromatic nitrogens is 2. The minimum atomic E-state index is 0.734. The summed E-state index contributed by atoms with van der Waals surface area (Å²) in [4.78, 5) is 7.75. The summed E-state index contributed by atoms with van der Waals surface area (Å²) in [6, 6.07) is 13.9. The normalized spacial score (nSPS) is 10.6. The lowest BCUT2D eigenvalue weighted by molar-refractivity contribution is 0.415. The molecule has 19 heavy (non-hydrogen) atoms. The fraction of sp³-hybridized carbons (Fsp3) is 0.133. The van der Waals surface area contributed by atoms with Crippen molar-refractivity contribution < 1.29 is 4.74 Å². The van der Waals surface area contributed by atoms with Crippen molar-refractivity contribution in [3.63, 3.8) is 0 Å². The van der Waals surface area contributed by atoms with Crippen molar-refractivity contribution in [3.05, 3.63) is 48.0 Å². The zero-order valence-corrected chi connectivity index (χ0v) is 10.9. The van der Waals surface area contributed by atoms with Crippen LogP contribution >= 0.6 is 0 Å². The van der Waals surface area contributed by atoms with Crippen molar-refractivity contribution >= 4 is 22.7 Å². The number of aromatic amines is 1. The van der Waals surface area contributed by atoms with Gasteiger partial charge in [0.1, 0.15) is 5.75 Å². The van der Waals surface area contributed by atoms with Gasteiger partial charge in [-0.15, -0.1) is 0 Å². The fourth-order valence-corrected chi connectivity index (χ4v) is 2.02. The SMILES string of the molecule is COc1ccc2nc(Nc3ccccc3C)[nH]c2c1. The van der Waals surface area contributed by atoms with E-state index in [1.165, 1.54) is 5.56 Å². The smallest absolute Gasteiger partial charge is 0.205 e. The maximum absolute atomic E-state index is 5.20. The first-order valence-electron chi connectivity index (χ1n) is 6.12. The predicted molar refractivity (Wildman–Crippen MR) is 77.1 cm³/mol. The molecule has 96 valence electrons. The number of imidazole rings is 1. The van der Waals surface area contributed by atoms with Gasteiger partial charge in [0.2, 0.25) is 5.95 Å². The Morgan fingerprint density at radius 1 is 1.16 bits per heavy atom. The van der Waals surface area contributed by atoms with E-state index in [0.717, 1.165) is 28.4 Å². The minimum Gasteiger partial charge on any atom is -0.497 e. The van der Waals surface area contributed by atoms with E-state index in [9.17, 15) is 0 Å². The highest BCUT2D eigenvalue weighted by molar-refractivity contribution is 5.80. The number of hydrogen-bond acceptors (Lipinski definition) is 3. The van der Waals surface area contributed by atoms with Crippen LogP contribution in [0.2, 0.25) is 0 Å². The molecule has 4 heteroatoms. The Morgan fingerprint density at radius 3 is 2.79 bits per heavy atom. The molecule has 3 rings (SSSR count). The number of para-hydroxylation sites is 1. The molecule has 0 fully saturated rings. The first-order chi connectivity index (χ1) is 9.26. The third kappa shape index (κ3) is 2.25. The summed E-state index contributed by atoms with van der Waals surface area (Å²) in [5, 5.41) is 3.29. The molecule has 0 unspecified atom stereocenters. The van der Waals surface area contributed by atoms with Gasteiger partial charge in [0, 0.05) is 11.8 Å². The van der Waals surface area contributed by atoms with Crippen molar-refractivity contribution in [3.8, 4) is 5.75 Å². The second kappa shape index (κ2) is 4.65. The van der Waals surface area contributed by atoms with Crippen LogP contribution in [-0.4, -0.2) is 17.1 Å². The van der Waals surface area contributed by atoms with E-state index in [4.69, 9.17) is 4.74 Å². The number of anilines is 2. The van der Waals surface area contributed by atoms with E-state index in [1.807, 2.05) is 36.4 Å². The highest BCUT2D eigenvalue weighted by Crippen LogP contribution is 2.23. The molecule has 0 radical (unpaired) electrons. The third-order valence-corrected chi connectivity index (χ3v) is 3.09. The molecular formula is C15H15N3O. The minimum absolute atomic E-state index is 0.734. The molecule has 0 atom stereocenters. The van der Waals surface area contributed by atoms with Gasteiger partial charge in [-0.1, -0.05) is 18.2 Å². The van der Waals surface area contributed by atoms with E-state index >= 15 is 0 Å². The van der Waals surface area contributed by atoms with Crippen LogP contribution in [0.25, 0.3) is 11.0 Å². The van der Waals surface area contributed by atoms with Gasteiger partial charge in [0.25, 0.3) is 0 Å². The first-order valence-corrected chi connectivity index (χ1v) is 6.12. The van der Waals surface area contributed by atoms with Gasteiger partial charge in [0.15, 0.2) is 0 Å². The van der Waals surface area contributed by atoms with Crippen LogP contribution in [0.15, 0.2) is 42.5 Å². The van der Waals surface area contributed by atoms with Gasteiger partial charge in [0.05, 0.1) is 18.1 Å². The molecule has 0 amide bonds. The second-order valence-electron chi connectivity index (χ2n) is 4.41. The van der Waals surface area contributed by atoms with E-state index in [2.05, 4.69) is 28.3 Å². The van der Waals surface area contributed by atoms with Crippen LogP contribution in [0.1, 0.15) is 5.56 Å². The molecule has 0 bridgehead atoms. The lowest BCUT2D eigenvalue weighted by Crippen LogP contribution is -1.94. The number of ether oxygens (including phenoxy) is 1. The molecule has 1 aromatic heterocycles. The number of nitrogens with zero attached hydrogens (tertiary/aromatic N) is 1. The molecule has 0 saturated heterocycles. The Kier molecular flexibility index (Phi) is 2.83. The van der Waals surface area contributed by atoms with Gasteiger partial charge in [-0.05, 0) is 30.7 Å². The van der Waals surface area contributed by atoms with Gasteiger partial charge in [-0.3, -0.25) is 0 Å². The Morgan fingerprint density at radius 2 is 2.00 bits per heavy atom. The highest BCUT2D eigenvalue weighted by Gasteiger charge is 2.05. The molecule has 0 aliphatic heterocycles. The summed E-state index contributed by atoms with van der Waals surface area (Å²) in [6.45, 7) is 2.06. The second-order valence-corrected chi connectivity index (χ2v) is 4.41. The Hall–Kier alpha value is -2.49. The zero-order chi connectivity index (χ0) is 13.2. The lowest BCUT2D eigenvalue weighted by atomic mass is 10.2. The van der Waals surface area contributed by atoms with Crippen molar-refractivity contribution in [1.29, 1.82) is 0 Å². The summed E-state index contributed by atoms with van der Waals surface area (Å²) in [6.07, 6.45) is 0. The standard InChI is InChI=1S/C15H15N3O/c1-10-5-3-4-6-12(10)16-15-17-13-8-7-11(19-2)9-14(13)18-15/h3-9H,1-2H3,(H2,16,17,18). The molecule has 0 aliphatic rings. The van der Waals surface area contributed by atoms with Crippen molar-refractivity contribution in [2.24, 2.45) is 0 Å². The maximum Gasteiger partial charge on any atom is 0.205 e. The van der Waals surface area contributed by atoms with Gasteiger partial charge in [-0.25, -0.2) is 4.98 Å². The number of benzene rings is 2. The van der Waals surface area contributed by atoms with Crippen LogP contribution < -0.4 is 10.1 Å². The topological polar surface area (TPSA) is 49.9 Å². The van der Waals surface area contributed by atoms with Crippen molar-refractivity contribution in [2.75, 3.05) is 12.4 Å². The van der Waals surface area contributed by atoms with Crippen LogP contribution in [0.5, 0.6) is 5.75 Å². The van der Waals surface area contributed by atoms with Gasteiger partial charge < -0.3 is 15.0 Å². The number of nitrogens with one attached hydrogen (secondary N) is 2. The molecule has 3 aromatic rings. The molecular weight excluding hydrogens is 238 g/mol. The number of methoxy groups -OCH3 is 1. The van der Waals surface area contributed by atoms with E-state index in [0.29, 0.717) is 0 Å². The number of H-pyrrole nitrogens is 1. The Bertz CT molecular complexity index is 718. The van der Waals surface area contributed by atoms with E-state index in [-0.39, 0.29) is 0 Å². The predicted octanol–water partition coefficient (Wildman–Crippen LogP) is 3.62. The molecule has 0 spiro atoms. The first kappa shape index (κ1) is 11.6. The van der Waals surface area contributed by atoms with Crippen molar-refractivity contribution in [2.45, 2.75) is 6.92 Å². The molecule has 0 saturated carbocycles. The van der Waals surface area contributed by atoms with Gasteiger partial charge >= 0.3 is 0 Å². The summed E-state index contributed by atoms with van der Waals surface area (Å²) in [5.74, 6) is 1.55. The average Bonchev–Trinajstić information content (AvgIpc) is 2.82. The summed E-state index contributed by atoms with van der Waals surface area (Å²) in [5.41, 5.74) is 4.10. The molecule has 2 aromatic carbocycles. The van der Waals surface area contributed by atoms with Crippen LogP contribution in [0.3, 0.4) is 0 Å². The fourth-order valence-electron chi connectivity index (χ4n) is 2.02. The molecule has 0 aliphatic carbocycles. The molecule has 4 nitrogen and oxygen atoms in total. The van der Waals surface area contributed by atoms with Crippen LogP contribution in [0.4, 0.5) is 11.6 Å². The monoisotopic (exact) mass is 253 g/mol. The number of rotatable bonds is 3. The quantitative estimate of drug-likeness (QED) is 0.749. The molecule has 1 heterocycles. The summed E-state index contributed by atoms with van der Waals surface area (Å²) >= 11 is 0. The highest BCUT2D eigenvalue weighted by atomic mass is 16.5. The maximum atomic E-state index is 5.20. The Balaban J connectivity index is 1.95. The Labute approximate surface area is 111 Å². The van der Waals surface area contributed by atoms with Crippen molar-refractivity contribution in [1.82, 2.24) is 9.97 Å². The third-order valence-electron chi connectivity index (χ3n) is 3.09. The molecule has 2 N–H and O–H groups in total. The van der Waals surface area contributed by atoms with E-state index in [1.54, 1.807) is 7.11 Å². The number of fused-ring (bicyclic) bond motifs is 1. The summed E-state index contributed by atoms with van der Waals surface area (Å²) < 4.78 is 5.20. The average molecular weight is 253 g/mol.